The number of hydrogen-bond donors (Lipinski definition) is 1. The van der Waals surface area contributed by atoms with Gasteiger partial charge in [-0.3, -0.25) is 0 Å². The van der Waals surface area contributed by atoms with Crippen molar-refractivity contribution >= 4 is 21.5 Å². The monoisotopic (exact) mass is 280 g/mol. The summed E-state index contributed by atoms with van der Waals surface area (Å²) >= 11 is 3.37. The number of fused-ring (bicyclic) bond motifs is 1. The molecule has 0 radical (unpaired) electrons. The number of halogens is 1. The number of ether oxygens (including phenoxy) is 1. The lowest BCUT2D eigenvalue weighted by atomic mass is 9.74. The summed E-state index contributed by atoms with van der Waals surface area (Å²) in [4.78, 5) is 4.30. The molecule has 1 aromatic heterocycles. The largest absolute Gasteiger partial charge is 0.494 e. The Hall–Kier alpha value is -0.870. The summed E-state index contributed by atoms with van der Waals surface area (Å²) in [5.41, 5.74) is 2.60. The van der Waals surface area contributed by atoms with Gasteiger partial charge in [0.1, 0.15) is 4.60 Å². The van der Waals surface area contributed by atoms with Gasteiger partial charge in [0.25, 0.3) is 0 Å². The highest BCUT2D eigenvalue weighted by Crippen LogP contribution is 2.43. The number of aromatic nitrogens is 1. The van der Waals surface area contributed by atoms with Crippen LogP contribution in [-0.2, 0) is 0 Å². The highest BCUT2D eigenvalue weighted by molar-refractivity contribution is 9.10. The molecule has 0 bridgehead atoms. The minimum Gasteiger partial charge on any atom is -0.494 e. The lowest BCUT2D eigenvalue weighted by molar-refractivity contribution is 0.409. The number of pyridine rings is 1. The highest BCUT2D eigenvalue weighted by Gasteiger charge is 2.36. The molecule has 3 rings (SSSR count). The number of rotatable bonds is 2. The summed E-state index contributed by atoms with van der Waals surface area (Å²) in [6, 6.07) is 2.05. The summed E-state index contributed by atoms with van der Waals surface area (Å²) in [6.07, 6.45) is 4.25. The molecular weight excluding hydrogens is 268 g/mol. The Morgan fingerprint density at radius 2 is 2.38 bits per heavy atom. The van der Waals surface area contributed by atoms with Crippen molar-refractivity contribution in [3.63, 3.8) is 0 Å². The molecule has 1 fully saturated rings. The molecule has 84 valence electrons. The zero-order chi connectivity index (χ0) is 11.1. The van der Waals surface area contributed by atoms with Crippen molar-refractivity contribution in [3.8, 4) is 5.75 Å². The normalized spacial score (nSPS) is 27.0. The number of nitrogens with one attached hydrogen (secondary N) is 1. The van der Waals surface area contributed by atoms with Gasteiger partial charge in [-0.05, 0) is 39.1 Å². The summed E-state index contributed by atoms with van der Waals surface area (Å²) in [5, 5.41) is 3.41. The third kappa shape index (κ3) is 1.48. The third-order valence-corrected chi connectivity index (χ3v) is 4.01. The molecule has 0 spiro atoms. The maximum atomic E-state index is 5.26. The number of nitrogens with zero attached hydrogens (tertiary/aromatic N) is 1. The van der Waals surface area contributed by atoms with Crippen LogP contribution < -0.4 is 10.1 Å². The van der Waals surface area contributed by atoms with Gasteiger partial charge < -0.3 is 10.1 Å². The van der Waals surface area contributed by atoms with E-state index in [1.807, 2.05) is 6.20 Å². The molecule has 1 aliphatic heterocycles. The molecule has 4 heteroatoms. The van der Waals surface area contributed by atoms with Crippen LogP contribution >= 0.6 is 15.9 Å². The zero-order valence-electron chi connectivity index (χ0n) is 9.03. The van der Waals surface area contributed by atoms with Gasteiger partial charge in [0.15, 0.2) is 5.75 Å². The van der Waals surface area contributed by atoms with E-state index >= 15 is 0 Å². The minimum absolute atomic E-state index is 0.674. The molecule has 3 nitrogen and oxygen atoms in total. The van der Waals surface area contributed by atoms with Crippen molar-refractivity contribution in [2.75, 3.05) is 20.2 Å². The third-order valence-electron chi connectivity index (χ3n) is 3.41. The molecule has 2 aliphatic rings. The van der Waals surface area contributed by atoms with E-state index in [0.717, 1.165) is 29.4 Å². The molecule has 2 heterocycles. The Kier molecular flexibility index (Phi) is 2.48. The van der Waals surface area contributed by atoms with Crippen molar-refractivity contribution in [2.24, 2.45) is 11.8 Å². The van der Waals surface area contributed by atoms with E-state index in [9.17, 15) is 0 Å². The van der Waals surface area contributed by atoms with Crippen LogP contribution in [0.25, 0.3) is 5.57 Å². The van der Waals surface area contributed by atoms with Gasteiger partial charge in [0.05, 0.1) is 7.11 Å². The maximum Gasteiger partial charge on any atom is 0.152 e. The first-order valence-corrected chi connectivity index (χ1v) is 6.21. The zero-order valence-corrected chi connectivity index (χ0v) is 10.6. The Balaban J connectivity index is 1.93. The second-order valence-electron chi connectivity index (χ2n) is 4.27. The lowest BCUT2D eigenvalue weighted by Gasteiger charge is -2.29. The van der Waals surface area contributed by atoms with Crippen LogP contribution in [0.5, 0.6) is 5.75 Å². The molecule has 0 saturated carbocycles. The molecule has 2 atom stereocenters. The number of methoxy groups -OCH3 is 1. The predicted octanol–water partition coefficient (Wildman–Crippen LogP) is 2.09. The van der Waals surface area contributed by atoms with Crippen LogP contribution in [0.1, 0.15) is 5.56 Å². The van der Waals surface area contributed by atoms with Gasteiger partial charge in [-0.1, -0.05) is 6.08 Å². The van der Waals surface area contributed by atoms with Gasteiger partial charge in [0.2, 0.25) is 0 Å². The minimum atomic E-state index is 0.674. The Bertz CT molecular complexity index is 458. The SMILES string of the molecule is COc1cc(C2=C[C@H]3CNC[C@@H]23)cnc1Br. The second-order valence-corrected chi connectivity index (χ2v) is 5.02. The van der Waals surface area contributed by atoms with E-state index in [-0.39, 0.29) is 0 Å². The first-order chi connectivity index (χ1) is 7.79. The van der Waals surface area contributed by atoms with Crippen LogP contribution in [0, 0.1) is 11.8 Å². The second kappa shape index (κ2) is 3.86. The fourth-order valence-electron chi connectivity index (χ4n) is 2.49. The highest BCUT2D eigenvalue weighted by atomic mass is 79.9. The Morgan fingerprint density at radius 3 is 3.12 bits per heavy atom. The average Bonchev–Trinajstić information content (AvgIpc) is 2.63. The van der Waals surface area contributed by atoms with E-state index in [2.05, 4.69) is 38.4 Å². The van der Waals surface area contributed by atoms with Crippen molar-refractivity contribution in [3.05, 3.63) is 28.5 Å². The summed E-state index contributed by atoms with van der Waals surface area (Å²) in [5.74, 6) is 2.20. The fourth-order valence-corrected chi connectivity index (χ4v) is 2.87. The van der Waals surface area contributed by atoms with E-state index in [1.54, 1.807) is 7.11 Å². The van der Waals surface area contributed by atoms with Crippen molar-refractivity contribution in [1.82, 2.24) is 10.3 Å². The van der Waals surface area contributed by atoms with Crippen molar-refractivity contribution in [2.45, 2.75) is 0 Å². The number of hydrogen-bond acceptors (Lipinski definition) is 3. The van der Waals surface area contributed by atoms with E-state index in [0.29, 0.717) is 5.92 Å². The van der Waals surface area contributed by atoms with Crippen LogP contribution in [0.4, 0.5) is 0 Å². The standard InChI is InChI=1S/C12H13BrN2O/c1-16-11-3-8(5-15-12(11)13)9-2-7-4-14-6-10(7)9/h2-3,5,7,10,14H,4,6H2,1H3/t7-,10+/m0/s1. The molecule has 16 heavy (non-hydrogen) atoms. The Morgan fingerprint density at radius 1 is 1.50 bits per heavy atom. The molecule has 0 aromatic carbocycles. The maximum absolute atomic E-state index is 5.26. The smallest absolute Gasteiger partial charge is 0.152 e. The van der Waals surface area contributed by atoms with Crippen molar-refractivity contribution in [1.29, 1.82) is 0 Å². The predicted molar refractivity (Wildman–Crippen MR) is 66.3 cm³/mol. The lowest BCUT2D eigenvalue weighted by Crippen LogP contribution is -2.22. The van der Waals surface area contributed by atoms with E-state index in [1.165, 1.54) is 11.1 Å². The van der Waals surface area contributed by atoms with Gasteiger partial charge in [-0.2, -0.15) is 0 Å². The van der Waals surface area contributed by atoms with E-state index in [4.69, 9.17) is 4.74 Å². The van der Waals surface area contributed by atoms with Crippen molar-refractivity contribution < 1.29 is 4.74 Å². The van der Waals surface area contributed by atoms with Gasteiger partial charge in [-0.25, -0.2) is 4.98 Å². The molecule has 0 amide bonds. The van der Waals surface area contributed by atoms with Crippen LogP contribution in [-0.4, -0.2) is 25.2 Å². The fraction of sp³-hybridized carbons (Fsp3) is 0.417. The van der Waals surface area contributed by atoms with E-state index < -0.39 is 0 Å². The molecule has 0 unspecified atom stereocenters. The first-order valence-electron chi connectivity index (χ1n) is 5.42. The van der Waals surface area contributed by atoms with Gasteiger partial charge >= 0.3 is 0 Å². The molecule has 1 aromatic rings. The van der Waals surface area contributed by atoms with Crippen LogP contribution in [0.3, 0.4) is 0 Å². The molecule has 1 aliphatic carbocycles. The van der Waals surface area contributed by atoms with Crippen LogP contribution in [0.2, 0.25) is 0 Å². The molecular formula is C12H13BrN2O. The quantitative estimate of drug-likeness (QED) is 0.843. The molecule has 1 N–H and O–H groups in total. The topological polar surface area (TPSA) is 34.1 Å². The summed E-state index contributed by atoms with van der Waals surface area (Å²) in [6.45, 7) is 2.21. The van der Waals surface area contributed by atoms with Gasteiger partial charge in [0, 0.05) is 25.2 Å². The Labute approximate surface area is 103 Å². The van der Waals surface area contributed by atoms with Gasteiger partial charge in [-0.15, -0.1) is 0 Å². The van der Waals surface area contributed by atoms with Crippen LogP contribution in [0.15, 0.2) is 22.9 Å². The molecule has 1 saturated heterocycles. The summed E-state index contributed by atoms with van der Waals surface area (Å²) < 4.78 is 6.03. The first kappa shape index (κ1) is 10.3. The average molecular weight is 281 g/mol. The summed E-state index contributed by atoms with van der Waals surface area (Å²) in [7, 11) is 1.67.